The van der Waals surface area contributed by atoms with E-state index in [0.29, 0.717) is 24.5 Å². The molecule has 3 aromatic rings. The molecule has 0 amide bonds. The molecule has 0 aliphatic heterocycles. The van der Waals surface area contributed by atoms with Crippen molar-refractivity contribution in [3.63, 3.8) is 0 Å². The fourth-order valence-electron chi connectivity index (χ4n) is 7.67. The number of aromatic amines is 1. The summed E-state index contributed by atoms with van der Waals surface area (Å²) < 4.78 is 11.3. The number of aryl methyl sites for hydroxylation is 2. The minimum Gasteiger partial charge on any atom is -0.469 e. The van der Waals surface area contributed by atoms with Gasteiger partial charge in [-0.3, -0.25) is 9.59 Å². The number of fused-ring (bicyclic) bond motifs is 4. The fraction of sp³-hybridized carbons (Fsp3) is 0.529. The lowest BCUT2D eigenvalue weighted by Gasteiger charge is -2.55. The normalized spacial score (nSPS) is 21.8. The van der Waals surface area contributed by atoms with Crippen molar-refractivity contribution in [3.05, 3.63) is 64.8 Å². The zero-order valence-electron chi connectivity index (χ0n) is 24.2. The van der Waals surface area contributed by atoms with Crippen LogP contribution in [0.2, 0.25) is 0 Å². The topological polar surface area (TPSA) is 68.4 Å². The molecule has 1 saturated carbocycles. The van der Waals surface area contributed by atoms with Crippen LogP contribution in [0.3, 0.4) is 0 Å². The highest BCUT2D eigenvalue weighted by molar-refractivity contribution is 5.83. The molecule has 5 nitrogen and oxygen atoms in total. The van der Waals surface area contributed by atoms with Crippen molar-refractivity contribution in [2.24, 2.45) is 11.3 Å². The molecule has 2 atom stereocenters. The summed E-state index contributed by atoms with van der Waals surface area (Å²) in [6.45, 7) is 9.00. The highest BCUT2D eigenvalue weighted by Crippen LogP contribution is 2.59. The van der Waals surface area contributed by atoms with Crippen LogP contribution in [0.5, 0.6) is 5.75 Å². The summed E-state index contributed by atoms with van der Waals surface area (Å²) in [4.78, 5) is 29.2. The first-order valence-corrected chi connectivity index (χ1v) is 14.6. The third-order valence-corrected chi connectivity index (χ3v) is 9.56. The average molecular weight is 530 g/mol. The maximum Gasteiger partial charge on any atom is 0.311 e. The van der Waals surface area contributed by atoms with E-state index in [9.17, 15) is 9.59 Å². The van der Waals surface area contributed by atoms with Crippen LogP contribution in [-0.2, 0) is 32.6 Å². The van der Waals surface area contributed by atoms with E-state index in [4.69, 9.17) is 9.47 Å². The number of nitrogens with one attached hydrogen (secondary N) is 1. The second-order valence-corrected chi connectivity index (χ2v) is 12.7. The Balaban J connectivity index is 1.41. The average Bonchev–Trinajstić information content (AvgIpc) is 3.31. The summed E-state index contributed by atoms with van der Waals surface area (Å²) in [5.41, 5.74) is 5.77. The number of carbonyl (C=O) groups is 2. The number of ether oxygens (including phenoxy) is 2. The molecule has 2 aromatic carbocycles. The number of rotatable bonds is 8. The second kappa shape index (κ2) is 10.8. The van der Waals surface area contributed by atoms with Gasteiger partial charge in [-0.2, -0.15) is 0 Å². The molecule has 1 fully saturated rings. The van der Waals surface area contributed by atoms with Crippen molar-refractivity contribution in [3.8, 4) is 5.75 Å². The minimum atomic E-state index is -0.283. The first-order valence-electron chi connectivity index (χ1n) is 14.6. The maximum atomic E-state index is 13.1. The van der Waals surface area contributed by atoms with E-state index in [0.717, 1.165) is 56.0 Å². The van der Waals surface area contributed by atoms with Gasteiger partial charge in [-0.05, 0) is 90.2 Å². The molecular weight excluding hydrogens is 486 g/mol. The molecule has 39 heavy (non-hydrogen) atoms. The second-order valence-electron chi connectivity index (χ2n) is 12.7. The molecule has 0 unspecified atom stereocenters. The van der Waals surface area contributed by atoms with E-state index in [2.05, 4.69) is 56.9 Å². The van der Waals surface area contributed by atoms with E-state index >= 15 is 0 Å². The van der Waals surface area contributed by atoms with Gasteiger partial charge in [0.25, 0.3) is 0 Å². The molecule has 5 heteroatoms. The minimum absolute atomic E-state index is 0.139. The smallest absolute Gasteiger partial charge is 0.311 e. The number of hydrogen-bond acceptors (Lipinski definition) is 4. The lowest BCUT2D eigenvalue weighted by atomic mass is 9.48. The Labute approximate surface area is 232 Å². The summed E-state index contributed by atoms with van der Waals surface area (Å²) in [6.07, 6.45) is 9.59. The van der Waals surface area contributed by atoms with Gasteiger partial charge in [0.1, 0.15) is 5.75 Å². The Kier molecular flexibility index (Phi) is 7.63. The first kappa shape index (κ1) is 27.5. The number of methoxy groups -OCH3 is 1. The van der Waals surface area contributed by atoms with Gasteiger partial charge in [0.15, 0.2) is 0 Å². The van der Waals surface area contributed by atoms with E-state index in [1.165, 1.54) is 29.2 Å². The van der Waals surface area contributed by atoms with Crippen molar-refractivity contribution in [1.29, 1.82) is 0 Å². The van der Waals surface area contributed by atoms with E-state index in [1.807, 2.05) is 18.3 Å². The third kappa shape index (κ3) is 5.25. The van der Waals surface area contributed by atoms with Crippen LogP contribution in [0.4, 0.5) is 0 Å². The zero-order chi connectivity index (χ0) is 27.8. The number of carbonyl (C=O) groups excluding carboxylic acids is 2. The first-order chi connectivity index (χ1) is 18.6. The lowest BCUT2D eigenvalue weighted by molar-refractivity contribution is -0.144. The molecule has 208 valence electrons. The summed E-state index contributed by atoms with van der Waals surface area (Å²) in [7, 11) is 1.48. The number of hydrogen-bond donors (Lipinski definition) is 1. The predicted molar refractivity (Wildman–Crippen MR) is 155 cm³/mol. The van der Waals surface area contributed by atoms with Crippen molar-refractivity contribution in [2.45, 2.75) is 96.8 Å². The van der Waals surface area contributed by atoms with Crippen LogP contribution in [0.15, 0.2) is 42.6 Å². The van der Waals surface area contributed by atoms with E-state index in [1.54, 1.807) is 0 Å². The van der Waals surface area contributed by atoms with E-state index in [-0.39, 0.29) is 28.7 Å². The number of aromatic nitrogens is 1. The van der Waals surface area contributed by atoms with Gasteiger partial charge in [-0.1, -0.05) is 58.4 Å². The van der Waals surface area contributed by atoms with Crippen LogP contribution in [0.1, 0.15) is 101 Å². The SMILES string of the molecule is COC(=O)C[C@]12CCCC(C)(C)[C@@H]1CCc1cc(C(C)C)c(OC(=O)CCCc3c[nH]c4ccccc34)cc12. The highest BCUT2D eigenvalue weighted by atomic mass is 16.5. The summed E-state index contributed by atoms with van der Waals surface area (Å²) >= 11 is 0. The molecular formula is C34H43NO4. The summed E-state index contributed by atoms with van der Waals surface area (Å²) in [5, 5.41) is 1.21. The van der Waals surface area contributed by atoms with Crippen LogP contribution in [0, 0.1) is 11.3 Å². The molecule has 1 heterocycles. The molecule has 0 bridgehead atoms. The van der Waals surface area contributed by atoms with Crippen molar-refractivity contribution >= 4 is 22.8 Å². The summed E-state index contributed by atoms with van der Waals surface area (Å²) in [6, 6.07) is 12.6. The molecule has 0 spiro atoms. The van der Waals surface area contributed by atoms with Gasteiger partial charge in [0.05, 0.1) is 13.5 Å². The van der Waals surface area contributed by atoms with Crippen molar-refractivity contribution in [1.82, 2.24) is 4.98 Å². The monoisotopic (exact) mass is 529 g/mol. The molecule has 5 rings (SSSR count). The number of H-pyrrole nitrogens is 1. The van der Waals surface area contributed by atoms with Gasteiger partial charge in [-0.25, -0.2) is 0 Å². The molecule has 0 saturated heterocycles. The third-order valence-electron chi connectivity index (χ3n) is 9.56. The lowest BCUT2D eigenvalue weighted by Crippen LogP contribution is -2.51. The van der Waals surface area contributed by atoms with Gasteiger partial charge in [0, 0.05) is 28.9 Å². The highest BCUT2D eigenvalue weighted by Gasteiger charge is 2.53. The Morgan fingerprint density at radius 2 is 1.90 bits per heavy atom. The maximum absolute atomic E-state index is 13.1. The van der Waals surface area contributed by atoms with Crippen molar-refractivity contribution in [2.75, 3.05) is 7.11 Å². The number of para-hydroxylation sites is 1. The molecule has 0 radical (unpaired) electrons. The number of benzene rings is 2. The zero-order valence-corrected chi connectivity index (χ0v) is 24.2. The van der Waals surface area contributed by atoms with Crippen molar-refractivity contribution < 1.29 is 19.1 Å². The van der Waals surface area contributed by atoms with Gasteiger partial charge in [0.2, 0.25) is 0 Å². The fourth-order valence-corrected chi connectivity index (χ4v) is 7.67. The van der Waals surface area contributed by atoms with Gasteiger partial charge in [-0.15, -0.1) is 0 Å². The Morgan fingerprint density at radius 3 is 2.67 bits per heavy atom. The van der Waals surface area contributed by atoms with Gasteiger partial charge < -0.3 is 14.5 Å². The van der Waals surface area contributed by atoms with Gasteiger partial charge >= 0.3 is 11.9 Å². The Morgan fingerprint density at radius 1 is 1.10 bits per heavy atom. The quantitative estimate of drug-likeness (QED) is 0.239. The molecule has 1 aromatic heterocycles. The summed E-state index contributed by atoms with van der Waals surface area (Å²) in [5.74, 6) is 0.912. The van der Waals surface area contributed by atoms with Crippen LogP contribution in [0.25, 0.3) is 10.9 Å². The van der Waals surface area contributed by atoms with E-state index < -0.39 is 0 Å². The largest absolute Gasteiger partial charge is 0.469 e. The Hall–Kier alpha value is -3.08. The Bertz CT molecular complexity index is 1370. The molecule has 2 aliphatic rings. The molecule has 1 N–H and O–H groups in total. The standard InChI is InChI=1S/C34H43NO4/c1-22(2)26-18-23-14-15-30-33(3,4)16-9-17-34(30,20-32(37)38-5)27(23)19-29(26)39-31(36)13-8-10-24-21-35-28-12-7-6-11-25(24)28/h6-7,11-12,18-19,21-22,30,35H,8-10,13-17,20H2,1-5H3/t30-,34-/m0/s1. The van der Waals surface area contributed by atoms with Crippen LogP contribution < -0.4 is 4.74 Å². The van der Waals surface area contributed by atoms with Crippen LogP contribution >= 0.6 is 0 Å². The molecule has 2 aliphatic carbocycles. The predicted octanol–water partition coefficient (Wildman–Crippen LogP) is 7.79. The number of esters is 2. The van der Waals surface area contributed by atoms with Crippen LogP contribution in [-0.4, -0.2) is 24.0 Å².